The number of anilines is 1. The smallest absolute Gasteiger partial charge is 0.227 e. The second kappa shape index (κ2) is 5.82. The minimum Gasteiger partial charge on any atom is -0.396 e. The van der Waals surface area contributed by atoms with Gasteiger partial charge in [0.2, 0.25) is 5.91 Å². The van der Waals surface area contributed by atoms with Gasteiger partial charge in [-0.1, -0.05) is 31.0 Å². The molecule has 2 atom stereocenters. The van der Waals surface area contributed by atoms with Crippen molar-refractivity contribution in [3.05, 3.63) is 30.3 Å². The fourth-order valence-electron chi connectivity index (χ4n) is 2.53. The molecule has 0 heterocycles. The number of nitrogens with one attached hydrogen (secondary N) is 1. The molecule has 1 aliphatic rings. The highest BCUT2D eigenvalue weighted by molar-refractivity contribution is 5.92. The number of hydrogen-bond donors (Lipinski definition) is 2. The molecule has 3 heteroatoms. The van der Waals surface area contributed by atoms with Crippen LogP contribution in [0.15, 0.2) is 30.3 Å². The number of carbonyl (C=O) groups excluding carboxylic acids is 1. The molecule has 1 fully saturated rings. The van der Waals surface area contributed by atoms with E-state index >= 15 is 0 Å². The summed E-state index contributed by atoms with van der Waals surface area (Å²) in [5, 5.41) is 12.2. The molecule has 2 N–H and O–H groups in total. The van der Waals surface area contributed by atoms with Gasteiger partial charge >= 0.3 is 0 Å². The molecular weight excluding hydrogens is 214 g/mol. The number of hydrogen-bond acceptors (Lipinski definition) is 2. The summed E-state index contributed by atoms with van der Waals surface area (Å²) in [6.07, 6.45) is 4.07. The van der Waals surface area contributed by atoms with Crippen LogP contribution in [0.25, 0.3) is 0 Å². The first-order chi connectivity index (χ1) is 8.31. The Kier molecular flexibility index (Phi) is 4.15. The monoisotopic (exact) mass is 233 g/mol. The fourth-order valence-corrected chi connectivity index (χ4v) is 2.53. The summed E-state index contributed by atoms with van der Waals surface area (Å²) in [7, 11) is 0. The Hall–Kier alpha value is -1.35. The zero-order chi connectivity index (χ0) is 12.1. The Morgan fingerprint density at radius 3 is 2.65 bits per heavy atom. The van der Waals surface area contributed by atoms with Crippen LogP contribution in [-0.4, -0.2) is 17.6 Å². The van der Waals surface area contributed by atoms with Crippen LogP contribution >= 0.6 is 0 Å². The van der Waals surface area contributed by atoms with Crippen LogP contribution in [0.5, 0.6) is 0 Å². The van der Waals surface area contributed by atoms with Gasteiger partial charge in [-0.2, -0.15) is 0 Å². The Bertz CT molecular complexity index is 364. The fraction of sp³-hybridized carbons (Fsp3) is 0.500. The predicted molar refractivity (Wildman–Crippen MR) is 67.6 cm³/mol. The highest BCUT2D eigenvalue weighted by Gasteiger charge is 2.30. The average Bonchev–Trinajstić information content (AvgIpc) is 2.40. The minimum absolute atomic E-state index is 0.0334. The Balaban J connectivity index is 1.99. The molecule has 1 amide bonds. The number of aliphatic hydroxyl groups excluding tert-OH is 1. The molecule has 3 nitrogen and oxygen atoms in total. The average molecular weight is 233 g/mol. The van der Waals surface area contributed by atoms with Gasteiger partial charge in [0.25, 0.3) is 0 Å². The molecule has 1 aromatic rings. The van der Waals surface area contributed by atoms with E-state index in [-0.39, 0.29) is 24.3 Å². The third-order valence-electron chi connectivity index (χ3n) is 3.52. The predicted octanol–water partition coefficient (Wildman–Crippen LogP) is 2.42. The Morgan fingerprint density at radius 1 is 1.24 bits per heavy atom. The summed E-state index contributed by atoms with van der Waals surface area (Å²) < 4.78 is 0. The van der Waals surface area contributed by atoms with E-state index in [0.717, 1.165) is 31.4 Å². The molecular formula is C14H19NO2. The molecule has 0 aliphatic heterocycles. The van der Waals surface area contributed by atoms with E-state index in [2.05, 4.69) is 5.32 Å². The molecule has 0 aromatic heterocycles. The van der Waals surface area contributed by atoms with Crippen LogP contribution in [-0.2, 0) is 4.79 Å². The first-order valence-electron chi connectivity index (χ1n) is 6.28. The molecule has 1 aliphatic carbocycles. The molecule has 17 heavy (non-hydrogen) atoms. The van der Waals surface area contributed by atoms with Crippen molar-refractivity contribution >= 4 is 11.6 Å². The lowest BCUT2D eigenvalue weighted by Crippen LogP contribution is -2.33. The lowest BCUT2D eigenvalue weighted by atomic mass is 9.79. The normalized spacial score (nSPS) is 24.3. The number of carbonyl (C=O) groups is 1. The lowest BCUT2D eigenvalue weighted by molar-refractivity contribution is -0.123. The third kappa shape index (κ3) is 3.07. The highest BCUT2D eigenvalue weighted by atomic mass is 16.3. The summed E-state index contributed by atoms with van der Waals surface area (Å²) in [5.41, 5.74) is 0.833. The van der Waals surface area contributed by atoms with Crippen molar-refractivity contribution in [2.24, 2.45) is 11.8 Å². The van der Waals surface area contributed by atoms with Crippen LogP contribution in [0.3, 0.4) is 0 Å². The molecule has 1 saturated carbocycles. The molecule has 1 aromatic carbocycles. The maximum absolute atomic E-state index is 12.1. The van der Waals surface area contributed by atoms with E-state index in [1.165, 1.54) is 0 Å². The molecule has 92 valence electrons. The van der Waals surface area contributed by atoms with Crippen LogP contribution in [0.2, 0.25) is 0 Å². The van der Waals surface area contributed by atoms with E-state index in [1.807, 2.05) is 30.3 Å². The Labute approximate surface area is 102 Å². The third-order valence-corrected chi connectivity index (χ3v) is 3.52. The largest absolute Gasteiger partial charge is 0.396 e. The van der Waals surface area contributed by atoms with Gasteiger partial charge in [-0.05, 0) is 30.9 Å². The summed E-state index contributed by atoms with van der Waals surface area (Å²) in [4.78, 5) is 12.1. The van der Waals surface area contributed by atoms with Crippen LogP contribution in [0.4, 0.5) is 5.69 Å². The van der Waals surface area contributed by atoms with Crippen molar-refractivity contribution < 1.29 is 9.90 Å². The van der Waals surface area contributed by atoms with Gasteiger partial charge in [0, 0.05) is 18.2 Å². The van der Waals surface area contributed by atoms with E-state index in [9.17, 15) is 9.90 Å². The zero-order valence-electron chi connectivity index (χ0n) is 9.93. The van der Waals surface area contributed by atoms with E-state index in [0.29, 0.717) is 0 Å². The van der Waals surface area contributed by atoms with Crippen LogP contribution in [0, 0.1) is 11.8 Å². The van der Waals surface area contributed by atoms with Crippen LogP contribution < -0.4 is 5.32 Å². The van der Waals surface area contributed by atoms with E-state index in [4.69, 9.17) is 0 Å². The van der Waals surface area contributed by atoms with Crippen molar-refractivity contribution in [3.8, 4) is 0 Å². The second-order valence-electron chi connectivity index (χ2n) is 4.69. The topological polar surface area (TPSA) is 49.3 Å². The number of benzene rings is 1. The van der Waals surface area contributed by atoms with Crippen LogP contribution in [0.1, 0.15) is 25.7 Å². The quantitative estimate of drug-likeness (QED) is 0.842. The summed E-state index contributed by atoms with van der Waals surface area (Å²) in [6, 6.07) is 9.50. The summed E-state index contributed by atoms with van der Waals surface area (Å²) in [5.74, 6) is 0.149. The van der Waals surface area contributed by atoms with Crippen molar-refractivity contribution in [2.75, 3.05) is 11.9 Å². The zero-order valence-corrected chi connectivity index (χ0v) is 9.93. The molecule has 2 unspecified atom stereocenters. The lowest BCUT2D eigenvalue weighted by Gasteiger charge is -2.29. The van der Waals surface area contributed by atoms with Crippen molar-refractivity contribution in [1.29, 1.82) is 0 Å². The maximum atomic E-state index is 12.1. The highest BCUT2D eigenvalue weighted by Crippen LogP contribution is 2.30. The van der Waals surface area contributed by atoms with Gasteiger partial charge in [-0.3, -0.25) is 4.79 Å². The molecule has 0 radical (unpaired) electrons. The van der Waals surface area contributed by atoms with Gasteiger partial charge in [-0.25, -0.2) is 0 Å². The first-order valence-corrected chi connectivity index (χ1v) is 6.28. The number of rotatable bonds is 3. The Morgan fingerprint density at radius 2 is 1.94 bits per heavy atom. The molecule has 0 spiro atoms. The molecule has 0 saturated heterocycles. The minimum atomic E-state index is -0.0334. The number of amides is 1. The summed E-state index contributed by atoms with van der Waals surface area (Å²) in [6.45, 7) is 0.118. The summed E-state index contributed by atoms with van der Waals surface area (Å²) >= 11 is 0. The van der Waals surface area contributed by atoms with Gasteiger partial charge in [0.1, 0.15) is 0 Å². The standard InChI is InChI=1S/C14H19NO2/c16-10-11-6-4-5-9-13(11)14(17)15-12-7-2-1-3-8-12/h1-3,7-8,11,13,16H,4-6,9-10H2,(H,15,17). The van der Waals surface area contributed by atoms with Crippen molar-refractivity contribution in [2.45, 2.75) is 25.7 Å². The van der Waals surface area contributed by atoms with Gasteiger partial charge < -0.3 is 10.4 Å². The second-order valence-corrected chi connectivity index (χ2v) is 4.69. The molecule has 0 bridgehead atoms. The number of aliphatic hydroxyl groups is 1. The van der Waals surface area contributed by atoms with Gasteiger partial charge in [0.05, 0.1) is 0 Å². The van der Waals surface area contributed by atoms with Crippen molar-refractivity contribution in [3.63, 3.8) is 0 Å². The first kappa shape index (κ1) is 12.1. The maximum Gasteiger partial charge on any atom is 0.227 e. The van der Waals surface area contributed by atoms with Gasteiger partial charge in [-0.15, -0.1) is 0 Å². The van der Waals surface area contributed by atoms with Gasteiger partial charge in [0.15, 0.2) is 0 Å². The molecule has 2 rings (SSSR count). The van der Waals surface area contributed by atoms with E-state index < -0.39 is 0 Å². The SMILES string of the molecule is O=C(Nc1ccccc1)C1CCCCC1CO. The van der Waals surface area contributed by atoms with E-state index in [1.54, 1.807) is 0 Å². The number of para-hydroxylation sites is 1. The van der Waals surface area contributed by atoms with Crippen molar-refractivity contribution in [1.82, 2.24) is 0 Å².